The minimum Gasteiger partial charge on any atom is -0.451 e. The number of aliphatic hydroxyl groups is 2. The van der Waals surface area contributed by atoms with Crippen LogP contribution in [0.4, 0.5) is 0 Å². The van der Waals surface area contributed by atoms with E-state index in [-0.39, 0.29) is 30.9 Å². The number of carbonyl (C=O) groups excluding carboxylic acids is 1. The molecule has 0 radical (unpaired) electrons. The van der Waals surface area contributed by atoms with Gasteiger partial charge in [0.05, 0.1) is 6.10 Å². The van der Waals surface area contributed by atoms with Crippen molar-refractivity contribution in [2.24, 2.45) is 11.3 Å². The number of carbonyl (C=O) groups is 1. The van der Waals surface area contributed by atoms with Crippen molar-refractivity contribution in [3.8, 4) is 0 Å². The Labute approximate surface area is 169 Å². The van der Waals surface area contributed by atoms with E-state index in [0.29, 0.717) is 17.9 Å². The zero-order valence-corrected chi connectivity index (χ0v) is 16.6. The molecular weight excluding hydrogens is 366 g/mol. The normalized spacial score (nSPS) is 28.4. The van der Waals surface area contributed by atoms with E-state index in [0.717, 1.165) is 22.1 Å². The third kappa shape index (κ3) is 2.57. The van der Waals surface area contributed by atoms with Crippen LogP contribution in [-0.4, -0.2) is 46.8 Å². The number of β-amino-alcohol motifs (C(OH)–C–C–N with tert-alkyl or cyclic N) is 1. The highest BCUT2D eigenvalue weighted by Crippen LogP contribution is 2.68. The fourth-order valence-electron chi connectivity index (χ4n) is 5.41. The molecule has 29 heavy (non-hydrogen) atoms. The second-order valence-electron chi connectivity index (χ2n) is 8.55. The van der Waals surface area contributed by atoms with Gasteiger partial charge in [-0.1, -0.05) is 42.0 Å². The number of hydrogen-bond donors (Lipinski definition) is 2. The van der Waals surface area contributed by atoms with Gasteiger partial charge in [0.15, 0.2) is 5.76 Å². The standard InChI is InChI=1S/C24H25NO4/c1-14-8-9-19-17(10-14)15(2)22(29-19)23(28)25-11-20(27)24(13-25)18(12-26)21(24)16-6-4-3-5-7-16/h3-10,18,20-21,26-27H,11-13H2,1-2H3/t18-,20-,21-,24-/m1/s1. The van der Waals surface area contributed by atoms with Crippen LogP contribution in [0.25, 0.3) is 11.0 Å². The van der Waals surface area contributed by atoms with Crippen molar-refractivity contribution >= 4 is 16.9 Å². The maximum atomic E-state index is 13.3. The molecule has 1 aliphatic carbocycles. The molecular formula is C24H25NO4. The topological polar surface area (TPSA) is 73.9 Å². The van der Waals surface area contributed by atoms with E-state index < -0.39 is 11.5 Å². The van der Waals surface area contributed by atoms with E-state index in [1.54, 1.807) is 4.90 Å². The van der Waals surface area contributed by atoms with Gasteiger partial charge in [0.1, 0.15) is 5.58 Å². The molecule has 5 rings (SSSR count). The highest BCUT2D eigenvalue weighted by atomic mass is 16.3. The molecule has 1 saturated heterocycles. The molecule has 5 heteroatoms. The van der Waals surface area contributed by atoms with Gasteiger partial charge in [-0.3, -0.25) is 4.79 Å². The van der Waals surface area contributed by atoms with Gasteiger partial charge in [0.25, 0.3) is 5.91 Å². The van der Waals surface area contributed by atoms with Gasteiger partial charge in [0.2, 0.25) is 0 Å². The Morgan fingerprint density at radius 3 is 2.69 bits per heavy atom. The zero-order chi connectivity index (χ0) is 20.3. The minimum absolute atomic E-state index is 0.00158. The Balaban J connectivity index is 1.46. The van der Waals surface area contributed by atoms with Crippen molar-refractivity contribution in [3.05, 3.63) is 71.0 Å². The molecule has 1 amide bonds. The van der Waals surface area contributed by atoms with Crippen LogP contribution in [-0.2, 0) is 0 Å². The number of aliphatic hydroxyl groups excluding tert-OH is 2. The lowest BCUT2D eigenvalue weighted by Gasteiger charge is -2.16. The summed E-state index contributed by atoms with van der Waals surface area (Å²) in [5.41, 5.74) is 3.27. The number of fused-ring (bicyclic) bond motifs is 1. The van der Waals surface area contributed by atoms with Crippen molar-refractivity contribution in [1.82, 2.24) is 4.90 Å². The molecule has 1 spiro atoms. The first-order valence-electron chi connectivity index (χ1n) is 10.1. The minimum atomic E-state index is -0.666. The summed E-state index contributed by atoms with van der Waals surface area (Å²) < 4.78 is 5.89. The lowest BCUT2D eigenvalue weighted by atomic mass is 9.95. The second-order valence-corrected chi connectivity index (χ2v) is 8.55. The van der Waals surface area contributed by atoms with Crippen molar-refractivity contribution in [1.29, 1.82) is 0 Å². The zero-order valence-electron chi connectivity index (χ0n) is 16.6. The van der Waals surface area contributed by atoms with Gasteiger partial charge in [-0.2, -0.15) is 0 Å². The smallest absolute Gasteiger partial charge is 0.289 e. The van der Waals surface area contributed by atoms with Crippen LogP contribution in [0.15, 0.2) is 52.9 Å². The van der Waals surface area contributed by atoms with Gasteiger partial charge < -0.3 is 19.5 Å². The van der Waals surface area contributed by atoms with E-state index in [1.165, 1.54) is 0 Å². The van der Waals surface area contributed by atoms with E-state index in [2.05, 4.69) is 0 Å². The van der Waals surface area contributed by atoms with E-state index in [1.807, 2.05) is 62.4 Å². The number of hydrogen-bond acceptors (Lipinski definition) is 4. The lowest BCUT2D eigenvalue weighted by Crippen LogP contribution is -2.30. The predicted molar refractivity (Wildman–Crippen MR) is 110 cm³/mol. The Hall–Kier alpha value is -2.63. The first-order valence-corrected chi connectivity index (χ1v) is 10.1. The third-order valence-electron chi connectivity index (χ3n) is 6.97. The Kier molecular flexibility index (Phi) is 4.09. The van der Waals surface area contributed by atoms with Crippen molar-refractivity contribution < 1.29 is 19.4 Å². The molecule has 5 nitrogen and oxygen atoms in total. The van der Waals surface area contributed by atoms with Gasteiger partial charge in [-0.15, -0.1) is 0 Å². The summed E-state index contributed by atoms with van der Waals surface area (Å²) >= 11 is 0. The highest BCUT2D eigenvalue weighted by molar-refractivity contribution is 5.99. The molecule has 1 aliphatic heterocycles. The molecule has 2 N–H and O–H groups in total. The summed E-state index contributed by atoms with van der Waals surface area (Å²) in [5.74, 6) is 0.160. The summed E-state index contributed by atoms with van der Waals surface area (Å²) in [4.78, 5) is 15.0. The molecule has 2 aliphatic rings. The van der Waals surface area contributed by atoms with Crippen molar-refractivity contribution in [2.75, 3.05) is 19.7 Å². The van der Waals surface area contributed by atoms with E-state index in [4.69, 9.17) is 4.42 Å². The van der Waals surface area contributed by atoms with Crippen molar-refractivity contribution in [2.45, 2.75) is 25.9 Å². The average molecular weight is 391 g/mol. The molecule has 1 saturated carbocycles. The molecule has 1 aromatic heterocycles. The summed E-state index contributed by atoms with van der Waals surface area (Å²) in [6.45, 7) is 4.60. The molecule has 2 fully saturated rings. The Morgan fingerprint density at radius 2 is 1.97 bits per heavy atom. The van der Waals surface area contributed by atoms with E-state index in [9.17, 15) is 15.0 Å². The Bertz CT molecular complexity index is 1090. The molecule has 4 atom stereocenters. The largest absolute Gasteiger partial charge is 0.451 e. The van der Waals surface area contributed by atoms with Crippen LogP contribution >= 0.6 is 0 Å². The average Bonchev–Trinajstić information content (AvgIpc) is 3.10. The van der Waals surface area contributed by atoms with Gasteiger partial charge in [-0.05, 0) is 43.4 Å². The number of rotatable bonds is 3. The number of benzene rings is 2. The molecule has 2 heterocycles. The van der Waals surface area contributed by atoms with Crippen LogP contribution < -0.4 is 0 Å². The van der Waals surface area contributed by atoms with Crippen LogP contribution in [0.3, 0.4) is 0 Å². The number of aryl methyl sites for hydroxylation is 2. The van der Waals surface area contributed by atoms with Crippen LogP contribution in [0, 0.1) is 25.2 Å². The van der Waals surface area contributed by atoms with Gasteiger partial charge in [0, 0.05) is 36.1 Å². The van der Waals surface area contributed by atoms with E-state index >= 15 is 0 Å². The highest BCUT2D eigenvalue weighted by Gasteiger charge is 2.71. The number of nitrogens with zero attached hydrogens (tertiary/aromatic N) is 1. The molecule has 0 bridgehead atoms. The summed E-state index contributed by atoms with van der Waals surface area (Å²) in [6, 6.07) is 15.9. The van der Waals surface area contributed by atoms with Gasteiger partial charge >= 0.3 is 0 Å². The van der Waals surface area contributed by atoms with Crippen LogP contribution in [0.2, 0.25) is 0 Å². The summed E-state index contributed by atoms with van der Waals surface area (Å²) in [6.07, 6.45) is -0.666. The maximum absolute atomic E-state index is 13.3. The monoisotopic (exact) mass is 391 g/mol. The fraction of sp³-hybridized carbons (Fsp3) is 0.375. The number of furan rings is 1. The first-order chi connectivity index (χ1) is 14.0. The Morgan fingerprint density at radius 1 is 1.21 bits per heavy atom. The second kappa shape index (κ2) is 6.44. The third-order valence-corrected chi connectivity index (χ3v) is 6.97. The SMILES string of the molecule is Cc1ccc2oc(C(=O)N3C[C@@H](O)[C@@]4(C3)[C@H](CO)[C@H]4c3ccccc3)c(C)c2c1. The molecule has 0 unspecified atom stereocenters. The first kappa shape index (κ1) is 18.4. The fourth-order valence-corrected chi connectivity index (χ4v) is 5.41. The van der Waals surface area contributed by atoms with Crippen LogP contribution in [0.5, 0.6) is 0 Å². The maximum Gasteiger partial charge on any atom is 0.289 e. The number of likely N-dealkylation sites (tertiary alicyclic amines) is 1. The number of amides is 1. The predicted octanol–water partition coefficient (Wildman–Crippen LogP) is 3.26. The van der Waals surface area contributed by atoms with Gasteiger partial charge in [-0.25, -0.2) is 0 Å². The molecule has 150 valence electrons. The van der Waals surface area contributed by atoms with Crippen LogP contribution in [0.1, 0.15) is 33.2 Å². The molecule has 2 aromatic carbocycles. The summed E-state index contributed by atoms with van der Waals surface area (Å²) in [7, 11) is 0. The summed E-state index contributed by atoms with van der Waals surface area (Å²) in [5, 5.41) is 21.8. The quantitative estimate of drug-likeness (QED) is 0.719. The lowest BCUT2D eigenvalue weighted by molar-refractivity contribution is 0.0734. The van der Waals surface area contributed by atoms with Crippen molar-refractivity contribution in [3.63, 3.8) is 0 Å². The molecule has 3 aromatic rings.